The average Bonchev–Trinajstić information content (AvgIpc) is 2.57. The third kappa shape index (κ3) is 2.04. The highest BCUT2D eigenvalue weighted by atomic mass is 16.6. The molecule has 1 aromatic carbocycles. The number of nitro benzene ring substituents is 1. The van der Waals surface area contributed by atoms with Crippen LogP contribution >= 0.6 is 0 Å². The zero-order chi connectivity index (χ0) is 12.6. The molecular weight excluding hydrogens is 220 g/mol. The molecule has 0 aliphatic heterocycles. The second kappa shape index (κ2) is 4.01. The van der Waals surface area contributed by atoms with Crippen LogP contribution in [0.1, 0.15) is 17.2 Å². The number of nitro groups is 1. The van der Waals surface area contributed by atoms with Gasteiger partial charge in [-0.3, -0.25) is 10.1 Å². The Morgan fingerprint density at radius 2 is 2.00 bits per heavy atom. The first kappa shape index (κ1) is 11.3. The third-order valence-electron chi connectivity index (χ3n) is 2.58. The summed E-state index contributed by atoms with van der Waals surface area (Å²) < 4.78 is 5.36. The van der Waals surface area contributed by atoms with Crippen molar-refractivity contribution in [1.29, 1.82) is 0 Å². The Labute approximate surface area is 98.3 Å². The van der Waals surface area contributed by atoms with Crippen molar-refractivity contribution in [3.8, 4) is 11.3 Å². The Balaban J connectivity index is 2.54. The number of hydrogen-bond donors (Lipinski definition) is 0. The summed E-state index contributed by atoms with van der Waals surface area (Å²) in [5.41, 5.74) is 2.51. The van der Waals surface area contributed by atoms with E-state index in [-0.39, 0.29) is 5.69 Å². The molecule has 0 unspecified atom stereocenters. The average molecular weight is 232 g/mol. The highest BCUT2D eigenvalue weighted by molar-refractivity contribution is 5.67. The zero-order valence-electron chi connectivity index (χ0n) is 9.85. The van der Waals surface area contributed by atoms with Crippen LogP contribution in [-0.4, -0.2) is 9.91 Å². The van der Waals surface area contributed by atoms with Crippen LogP contribution in [0.15, 0.2) is 22.6 Å². The van der Waals surface area contributed by atoms with Crippen LogP contribution in [0, 0.1) is 30.9 Å². The molecule has 2 rings (SSSR count). The summed E-state index contributed by atoms with van der Waals surface area (Å²) in [6.07, 6.45) is 0. The fraction of sp³-hybridized carbons (Fsp3) is 0.250. The third-order valence-corrected chi connectivity index (χ3v) is 2.58. The Bertz CT molecular complexity index is 587. The van der Waals surface area contributed by atoms with E-state index < -0.39 is 4.92 Å². The number of aryl methyl sites for hydroxylation is 3. The molecule has 0 saturated carbocycles. The van der Waals surface area contributed by atoms with Gasteiger partial charge in [0.15, 0.2) is 5.89 Å². The summed E-state index contributed by atoms with van der Waals surface area (Å²) in [6.45, 7) is 5.43. The molecule has 2 aromatic rings. The molecule has 17 heavy (non-hydrogen) atoms. The molecule has 0 spiro atoms. The molecule has 1 heterocycles. The van der Waals surface area contributed by atoms with E-state index in [0.717, 1.165) is 22.6 Å². The molecule has 5 nitrogen and oxygen atoms in total. The normalized spacial score (nSPS) is 10.5. The largest absolute Gasteiger partial charge is 0.446 e. The van der Waals surface area contributed by atoms with E-state index in [1.807, 2.05) is 13.8 Å². The molecule has 1 aromatic heterocycles. The van der Waals surface area contributed by atoms with E-state index in [0.29, 0.717) is 5.89 Å². The van der Waals surface area contributed by atoms with Crippen molar-refractivity contribution in [1.82, 2.24) is 4.98 Å². The SMILES string of the molecule is Cc1nc(-c2ccc([N+](=O)[O-])cc2C)c(C)o1. The first-order valence-electron chi connectivity index (χ1n) is 5.18. The van der Waals surface area contributed by atoms with Gasteiger partial charge in [-0.05, 0) is 25.5 Å². The Morgan fingerprint density at radius 3 is 2.47 bits per heavy atom. The van der Waals surface area contributed by atoms with Gasteiger partial charge in [0.1, 0.15) is 11.5 Å². The predicted octanol–water partition coefficient (Wildman–Crippen LogP) is 3.18. The second-order valence-electron chi connectivity index (χ2n) is 3.89. The summed E-state index contributed by atoms with van der Waals surface area (Å²) in [5.74, 6) is 1.31. The van der Waals surface area contributed by atoms with Crippen LogP contribution in [-0.2, 0) is 0 Å². The van der Waals surface area contributed by atoms with Gasteiger partial charge < -0.3 is 4.42 Å². The predicted molar refractivity (Wildman–Crippen MR) is 62.8 cm³/mol. The van der Waals surface area contributed by atoms with Crippen molar-refractivity contribution < 1.29 is 9.34 Å². The maximum Gasteiger partial charge on any atom is 0.269 e. The van der Waals surface area contributed by atoms with Gasteiger partial charge in [-0.2, -0.15) is 0 Å². The Morgan fingerprint density at radius 1 is 1.29 bits per heavy atom. The van der Waals surface area contributed by atoms with Crippen molar-refractivity contribution in [2.75, 3.05) is 0 Å². The second-order valence-corrected chi connectivity index (χ2v) is 3.89. The lowest BCUT2D eigenvalue weighted by atomic mass is 10.0. The molecule has 0 atom stereocenters. The summed E-state index contributed by atoms with van der Waals surface area (Å²) in [5, 5.41) is 10.6. The van der Waals surface area contributed by atoms with Crippen molar-refractivity contribution in [2.24, 2.45) is 0 Å². The quantitative estimate of drug-likeness (QED) is 0.589. The molecule has 88 valence electrons. The maximum absolute atomic E-state index is 10.6. The van der Waals surface area contributed by atoms with Gasteiger partial charge in [0, 0.05) is 24.6 Å². The first-order valence-corrected chi connectivity index (χ1v) is 5.18. The van der Waals surface area contributed by atoms with Crippen LogP contribution in [0.2, 0.25) is 0 Å². The molecule has 0 fully saturated rings. The summed E-state index contributed by atoms with van der Waals surface area (Å²) in [7, 11) is 0. The van der Waals surface area contributed by atoms with E-state index in [1.54, 1.807) is 19.1 Å². The maximum atomic E-state index is 10.6. The molecule has 0 bridgehead atoms. The first-order chi connectivity index (χ1) is 7.99. The van der Waals surface area contributed by atoms with Gasteiger partial charge in [0.05, 0.1) is 4.92 Å². The van der Waals surface area contributed by atoms with E-state index in [1.165, 1.54) is 6.07 Å². The van der Waals surface area contributed by atoms with Crippen molar-refractivity contribution in [3.63, 3.8) is 0 Å². The minimum absolute atomic E-state index is 0.0871. The lowest BCUT2D eigenvalue weighted by Gasteiger charge is -2.02. The Hall–Kier alpha value is -2.17. The van der Waals surface area contributed by atoms with Crippen molar-refractivity contribution in [2.45, 2.75) is 20.8 Å². The highest BCUT2D eigenvalue weighted by Crippen LogP contribution is 2.28. The summed E-state index contributed by atoms with van der Waals surface area (Å²) >= 11 is 0. The number of nitrogens with zero attached hydrogens (tertiary/aromatic N) is 2. The number of rotatable bonds is 2. The van der Waals surface area contributed by atoms with Gasteiger partial charge in [-0.1, -0.05) is 0 Å². The number of aromatic nitrogens is 1. The molecule has 0 saturated heterocycles. The van der Waals surface area contributed by atoms with Crippen LogP contribution in [0.3, 0.4) is 0 Å². The van der Waals surface area contributed by atoms with E-state index in [9.17, 15) is 10.1 Å². The number of non-ortho nitro benzene ring substituents is 1. The summed E-state index contributed by atoms with van der Waals surface area (Å²) in [6, 6.07) is 4.72. The topological polar surface area (TPSA) is 69.2 Å². The van der Waals surface area contributed by atoms with Gasteiger partial charge in [0.2, 0.25) is 0 Å². The van der Waals surface area contributed by atoms with Crippen LogP contribution in [0.4, 0.5) is 5.69 Å². The zero-order valence-corrected chi connectivity index (χ0v) is 9.85. The van der Waals surface area contributed by atoms with Crippen LogP contribution in [0.25, 0.3) is 11.3 Å². The van der Waals surface area contributed by atoms with Gasteiger partial charge in [-0.25, -0.2) is 4.98 Å². The fourth-order valence-electron chi connectivity index (χ4n) is 1.81. The van der Waals surface area contributed by atoms with E-state index in [2.05, 4.69) is 4.98 Å². The number of hydrogen-bond acceptors (Lipinski definition) is 4. The number of oxazole rings is 1. The minimum atomic E-state index is -0.405. The molecule has 0 N–H and O–H groups in total. The molecule has 0 amide bonds. The molecular formula is C12H12N2O3. The van der Waals surface area contributed by atoms with Gasteiger partial charge in [-0.15, -0.1) is 0 Å². The van der Waals surface area contributed by atoms with Crippen LogP contribution < -0.4 is 0 Å². The van der Waals surface area contributed by atoms with Crippen molar-refractivity contribution in [3.05, 3.63) is 45.5 Å². The monoisotopic (exact) mass is 232 g/mol. The fourth-order valence-corrected chi connectivity index (χ4v) is 1.81. The number of benzene rings is 1. The van der Waals surface area contributed by atoms with Crippen LogP contribution in [0.5, 0.6) is 0 Å². The van der Waals surface area contributed by atoms with E-state index >= 15 is 0 Å². The highest BCUT2D eigenvalue weighted by Gasteiger charge is 2.14. The van der Waals surface area contributed by atoms with E-state index in [4.69, 9.17) is 4.42 Å². The molecule has 0 aliphatic carbocycles. The minimum Gasteiger partial charge on any atom is -0.446 e. The smallest absolute Gasteiger partial charge is 0.269 e. The van der Waals surface area contributed by atoms with Gasteiger partial charge in [0.25, 0.3) is 5.69 Å². The lowest BCUT2D eigenvalue weighted by Crippen LogP contribution is -1.91. The van der Waals surface area contributed by atoms with Crippen molar-refractivity contribution >= 4 is 5.69 Å². The molecule has 0 aliphatic rings. The standard InChI is InChI=1S/C12H12N2O3/c1-7-6-10(14(15)16)4-5-11(7)12-8(2)17-9(3)13-12/h4-6H,1-3H3. The Kier molecular flexibility index (Phi) is 2.67. The van der Waals surface area contributed by atoms with Gasteiger partial charge >= 0.3 is 0 Å². The summed E-state index contributed by atoms with van der Waals surface area (Å²) in [4.78, 5) is 14.5. The molecule has 0 radical (unpaired) electrons. The lowest BCUT2D eigenvalue weighted by molar-refractivity contribution is -0.384. The molecule has 5 heteroatoms.